The number of sulfonamides is 1. The van der Waals surface area contributed by atoms with Gasteiger partial charge in [0.2, 0.25) is 0 Å². The summed E-state index contributed by atoms with van der Waals surface area (Å²) in [6, 6.07) is 6.59. The van der Waals surface area contributed by atoms with Gasteiger partial charge in [0.1, 0.15) is 11.6 Å². The number of anilines is 1. The lowest BCUT2D eigenvalue weighted by molar-refractivity contribution is 0.593. The molecule has 2 aromatic rings. The van der Waals surface area contributed by atoms with Crippen molar-refractivity contribution < 1.29 is 17.2 Å². The molecular formula is C12H7BrClF2NO2S. The molecule has 1 N–H and O–H groups in total. The van der Waals surface area contributed by atoms with E-state index < -0.39 is 21.7 Å². The maximum absolute atomic E-state index is 13.4. The first-order valence-corrected chi connectivity index (χ1v) is 7.88. The van der Waals surface area contributed by atoms with Gasteiger partial charge in [-0.05, 0) is 52.3 Å². The highest BCUT2D eigenvalue weighted by atomic mass is 79.9. The zero-order valence-corrected chi connectivity index (χ0v) is 12.9. The smallest absolute Gasteiger partial charge is 0.262 e. The maximum atomic E-state index is 13.4. The van der Waals surface area contributed by atoms with Crippen LogP contribution in [0.1, 0.15) is 0 Å². The molecule has 0 aliphatic carbocycles. The Morgan fingerprint density at radius 2 is 1.80 bits per heavy atom. The number of hydrogen-bond acceptors (Lipinski definition) is 2. The Balaban J connectivity index is 2.38. The third-order valence-corrected chi connectivity index (χ3v) is 4.70. The van der Waals surface area contributed by atoms with E-state index in [1.165, 1.54) is 18.2 Å². The lowest BCUT2D eigenvalue weighted by Crippen LogP contribution is -2.13. The number of hydrogen-bond donors (Lipinski definition) is 1. The van der Waals surface area contributed by atoms with Gasteiger partial charge in [0, 0.05) is 0 Å². The highest BCUT2D eigenvalue weighted by molar-refractivity contribution is 9.10. The molecule has 0 saturated heterocycles. The van der Waals surface area contributed by atoms with Crippen LogP contribution in [0.25, 0.3) is 0 Å². The van der Waals surface area contributed by atoms with E-state index >= 15 is 0 Å². The molecular weight excluding hydrogens is 376 g/mol. The third-order valence-electron chi connectivity index (χ3n) is 2.38. The molecule has 0 heterocycles. The highest BCUT2D eigenvalue weighted by Crippen LogP contribution is 2.26. The van der Waals surface area contributed by atoms with Crippen molar-refractivity contribution in [3.63, 3.8) is 0 Å². The van der Waals surface area contributed by atoms with Gasteiger partial charge in [-0.3, -0.25) is 4.72 Å². The molecule has 0 spiro atoms. The van der Waals surface area contributed by atoms with E-state index in [4.69, 9.17) is 11.6 Å². The largest absolute Gasteiger partial charge is 0.278 e. The lowest BCUT2D eigenvalue weighted by atomic mass is 10.3. The molecule has 8 heteroatoms. The van der Waals surface area contributed by atoms with Crippen LogP contribution in [0.2, 0.25) is 5.02 Å². The van der Waals surface area contributed by atoms with Crippen LogP contribution in [0.15, 0.2) is 45.8 Å². The summed E-state index contributed by atoms with van der Waals surface area (Å²) in [5.74, 6) is -1.30. The zero-order valence-electron chi connectivity index (χ0n) is 9.70. The van der Waals surface area contributed by atoms with Crippen molar-refractivity contribution in [1.82, 2.24) is 0 Å². The molecule has 0 bridgehead atoms. The van der Waals surface area contributed by atoms with Gasteiger partial charge in [-0.25, -0.2) is 17.2 Å². The van der Waals surface area contributed by atoms with Gasteiger partial charge < -0.3 is 0 Å². The highest BCUT2D eigenvalue weighted by Gasteiger charge is 2.17. The lowest BCUT2D eigenvalue weighted by Gasteiger charge is -2.10. The fraction of sp³-hybridized carbons (Fsp3) is 0. The van der Waals surface area contributed by atoms with Gasteiger partial charge in [-0.2, -0.15) is 0 Å². The monoisotopic (exact) mass is 381 g/mol. The van der Waals surface area contributed by atoms with Crippen LogP contribution in [-0.2, 0) is 10.0 Å². The summed E-state index contributed by atoms with van der Waals surface area (Å²) < 4.78 is 52.7. The fourth-order valence-electron chi connectivity index (χ4n) is 1.42. The summed E-state index contributed by atoms with van der Waals surface area (Å²) in [6.45, 7) is 0. The maximum Gasteiger partial charge on any atom is 0.262 e. The van der Waals surface area contributed by atoms with Crippen molar-refractivity contribution >= 4 is 43.2 Å². The molecule has 0 saturated carbocycles. The number of halogens is 4. The summed E-state index contributed by atoms with van der Waals surface area (Å²) in [6.07, 6.45) is 0. The molecule has 0 fully saturated rings. The van der Waals surface area contributed by atoms with Gasteiger partial charge >= 0.3 is 0 Å². The number of rotatable bonds is 3. The first kappa shape index (κ1) is 15.2. The molecule has 106 valence electrons. The summed E-state index contributed by atoms with van der Waals surface area (Å²) in [5, 5.41) is -0.0915. The normalized spacial score (nSPS) is 11.4. The standard InChI is InChI=1S/C12H7BrClF2NO2S/c13-9-3-2-8(6-11(9)16)20(18,19)17-12-4-1-7(15)5-10(12)14/h1-6,17H. The van der Waals surface area contributed by atoms with Crippen LogP contribution in [-0.4, -0.2) is 8.42 Å². The molecule has 2 rings (SSSR count). The minimum atomic E-state index is -4.01. The van der Waals surface area contributed by atoms with Gasteiger partial charge in [0.25, 0.3) is 10.0 Å². The number of nitrogens with one attached hydrogen (secondary N) is 1. The first-order valence-electron chi connectivity index (χ1n) is 5.22. The van der Waals surface area contributed by atoms with Gasteiger partial charge in [0.15, 0.2) is 0 Å². The van der Waals surface area contributed by atoms with Crippen LogP contribution in [0.4, 0.5) is 14.5 Å². The van der Waals surface area contributed by atoms with Crippen molar-refractivity contribution in [3.8, 4) is 0 Å². The van der Waals surface area contributed by atoms with Crippen molar-refractivity contribution in [2.75, 3.05) is 4.72 Å². The molecule has 20 heavy (non-hydrogen) atoms. The van der Waals surface area contributed by atoms with Gasteiger partial charge in [0.05, 0.1) is 20.1 Å². The minimum Gasteiger partial charge on any atom is -0.278 e. The summed E-state index contributed by atoms with van der Waals surface area (Å²) in [5.41, 5.74) is 0.0105. The zero-order chi connectivity index (χ0) is 14.9. The van der Waals surface area contributed by atoms with Crippen molar-refractivity contribution in [2.45, 2.75) is 4.90 Å². The Morgan fingerprint density at radius 3 is 2.40 bits per heavy atom. The van der Waals surface area contributed by atoms with Crippen molar-refractivity contribution in [1.29, 1.82) is 0 Å². The quantitative estimate of drug-likeness (QED) is 0.865. The SMILES string of the molecule is O=S(=O)(Nc1ccc(F)cc1Cl)c1ccc(Br)c(F)c1. The second-order valence-electron chi connectivity index (χ2n) is 3.81. The van der Waals surface area contributed by atoms with E-state index in [-0.39, 0.29) is 20.1 Å². The Morgan fingerprint density at radius 1 is 1.10 bits per heavy atom. The predicted molar refractivity (Wildman–Crippen MR) is 76.3 cm³/mol. The average molecular weight is 383 g/mol. The van der Waals surface area contributed by atoms with Gasteiger partial charge in [-0.15, -0.1) is 0 Å². The van der Waals surface area contributed by atoms with Crippen LogP contribution in [0.3, 0.4) is 0 Å². The predicted octanol–water partition coefficient (Wildman–Crippen LogP) is 4.18. The first-order chi connectivity index (χ1) is 9.29. The molecule has 2 aromatic carbocycles. The average Bonchev–Trinajstić information content (AvgIpc) is 2.36. The summed E-state index contributed by atoms with van der Waals surface area (Å²) in [4.78, 5) is -0.265. The fourth-order valence-corrected chi connectivity index (χ4v) is 3.03. The van der Waals surface area contributed by atoms with E-state index in [2.05, 4.69) is 20.7 Å². The molecule has 3 nitrogen and oxygen atoms in total. The molecule has 0 unspecified atom stereocenters. The van der Waals surface area contributed by atoms with Crippen LogP contribution in [0.5, 0.6) is 0 Å². The van der Waals surface area contributed by atoms with Gasteiger partial charge in [-0.1, -0.05) is 11.6 Å². The number of benzene rings is 2. The van der Waals surface area contributed by atoms with E-state index in [0.717, 1.165) is 18.2 Å². The molecule has 0 aliphatic heterocycles. The van der Waals surface area contributed by atoms with Crippen molar-refractivity contribution in [2.24, 2.45) is 0 Å². The second kappa shape index (κ2) is 5.67. The molecule has 0 atom stereocenters. The van der Waals surface area contributed by atoms with E-state index in [9.17, 15) is 17.2 Å². The van der Waals surface area contributed by atoms with Crippen LogP contribution >= 0.6 is 27.5 Å². The van der Waals surface area contributed by atoms with Crippen molar-refractivity contribution in [3.05, 3.63) is 57.5 Å². The summed E-state index contributed by atoms with van der Waals surface area (Å²) >= 11 is 8.66. The second-order valence-corrected chi connectivity index (χ2v) is 6.75. The van der Waals surface area contributed by atoms with Crippen LogP contribution in [0, 0.1) is 11.6 Å². The van der Waals surface area contributed by atoms with Crippen LogP contribution < -0.4 is 4.72 Å². The molecule has 0 amide bonds. The topological polar surface area (TPSA) is 46.2 Å². The summed E-state index contributed by atoms with van der Waals surface area (Å²) in [7, 11) is -4.01. The third kappa shape index (κ3) is 3.28. The van der Waals surface area contributed by atoms with E-state index in [1.54, 1.807) is 0 Å². The minimum absolute atomic E-state index is 0.0105. The molecule has 0 aliphatic rings. The Bertz CT molecular complexity index is 768. The van der Waals surface area contributed by atoms with E-state index in [0.29, 0.717) is 0 Å². The van der Waals surface area contributed by atoms with E-state index in [1.807, 2.05) is 0 Å². The molecule has 0 aromatic heterocycles. The Labute approximate surface area is 127 Å². The molecule has 0 radical (unpaired) electrons. The Hall–Kier alpha value is -1.18. The Kier molecular flexibility index (Phi) is 4.31.